The van der Waals surface area contributed by atoms with E-state index in [9.17, 15) is 13.2 Å². The van der Waals surface area contributed by atoms with Crippen LogP contribution in [0.4, 0.5) is 5.13 Å². The fourth-order valence-electron chi connectivity index (χ4n) is 2.36. The van der Waals surface area contributed by atoms with Gasteiger partial charge >= 0.3 is 0 Å². The first-order chi connectivity index (χ1) is 9.85. The highest BCUT2D eigenvalue weighted by Gasteiger charge is 2.30. The predicted molar refractivity (Wildman–Crippen MR) is 79.2 cm³/mol. The molecule has 0 radical (unpaired) electrons. The number of carbonyl (C=O) groups is 1. The third-order valence-electron chi connectivity index (χ3n) is 3.34. The van der Waals surface area contributed by atoms with Crippen molar-refractivity contribution in [1.29, 1.82) is 0 Å². The molecule has 0 saturated carbocycles. The Labute approximate surface area is 125 Å². The van der Waals surface area contributed by atoms with Crippen LogP contribution in [0, 0.1) is 6.92 Å². The standard InChI is InChI=1S/C12H14N4O3S2/c1-7-5-20-12(13-7)14-11(17)10-8-6-21(18,19)4-3-9(8)16(2)15-10/h5H,3-4,6H2,1-2H3,(H,13,14,17). The molecule has 0 bridgehead atoms. The van der Waals surface area contributed by atoms with Gasteiger partial charge in [0.2, 0.25) is 0 Å². The maximum atomic E-state index is 12.3. The van der Waals surface area contributed by atoms with Gasteiger partial charge in [-0.15, -0.1) is 11.3 Å². The van der Waals surface area contributed by atoms with E-state index in [1.165, 1.54) is 11.3 Å². The van der Waals surface area contributed by atoms with Gasteiger partial charge in [-0.05, 0) is 6.92 Å². The Balaban J connectivity index is 1.94. The SMILES string of the molecule is Cc1csc(NC(=O)c2nn(C)c3c2CS(=O)(=O)CC3)n1. The summed E-state index contributed by atoms with van der Waals surface area (Å²) in [7, 11) is -1.43. The number of amides is 1. The Morgan fingerprint density at radius 2 is 2.24 bits per heavy atom. The lowest BCUT2D eigenvalue weighted by atomic mass is 10.1. The maximum Gasteiger partial charge on any atom is 0.278 e. The first-order valence-corrected chi connectivity index (χ1v) is 9.04. The summed E-state index contributed by atoms with van der Waals surface area (Å²) in [6, 6.07) is 0. The van der Waals surface area contributed by atoms with Gasteiger partial charge < -0.3 is 0 Å². The van der Waals surface area contributed by atoms with Gasteiger partial charge in [-0.2, -0.15) is 5.10 Å². The molecular weight excluding hydrogens is 312 g/mol. The fourth-order valence-corrected chi connectivity index (χ4v) is 4.44. The van der Waals surface area contributed by atoms with Crippen LogP contribution in [0.1, 0.15) is 27.4 Å². The number of hydrogen-bond acceptors (Lipinski definition) is 6. The van der Waals surface area contributed by atoms with E-state index in [1.807, 2.05) is 12.3 Å². The van der Waals surface area contributed by atoms with E-state index in [0.29, 0.717) is 17.1 Å². The largest absolute Gasteiger partial charge is 0.296 e. The molecule has 1 aliphatic rings. The van der Waals surface area contributed by atoms with E-state index in [1.54, 1.807) is 11.7 Å². The fraction of sp³-hybridized carbons (Fsp3) is 0.417. The molecule has 21 heavy (non-hydrogen) atoms. The van der Waals surface area contributed by atoms with Crippen LogP contribution in [0.3, 0.4) is 0 Å². The van der Waals surface area contributed by atoms with Crippen LogP contribution in [0.2, 0.25) is 0 Å². The van der Waals surface area contributed by atoms with Crippen molar-refractivity contribution >= 4 is 32.2 Å². The van der Waals surface area contributed by atoms with Gasteiger partial charge in [0.1, 0.15) is 0 Å². The van der Waals surface area contributed by atoms with Crippen LogP contribution >= 0.6 is 11.3 Å². The van der Waals surface area contributed by atoms with Crippen molar-refractivity contribution in [3.8, 4) is 0 Å². The van der Waals surface area contributed by atoms with Crippen molar-refractivity contribution < 1.29 is 13.2 Å². The number of anilines is 1. The smallest absolute Gasteiger partial charge is 0.278 e. The van der Waals surface area contributed by atoms with E-state index in [-0.39, 0.29) is 17.2 Å². The Bertz CT molecular complexity index is 820. The van der Waals surface area contributed by atoms with E-state index >= 15 is 0 Å². The van der Waals surface area contributed by atoms with E-state index in [2.05, 4.69) is 15.4 Å². The van der Waals surface area contributed by atoms with Crippen molar-refractivity contribution in [2.75, 3.05) is 11.1 Å². The lowest BCUT2D eigenvalue weighted by Crippen LogP contribution is -2.22. The van der Waals surface area contributed by atoms with Crippen molar-refractivity contribution in [3.63, 3.8) is 0 Å². The number of thiazole rings is 1. The van der Waals surface area contributed by atoms with Crippen molar-refractivity contribution in [1.82, 2.24) is 14.8 Å². The highest BCUT2D eigenvalue weighted by atomic mass is 32.2. The molecule has 2 aromatic heterocycles. The third kappa shape index (κ3) is 2.70. The lowest BCUT2D eigenvalue weighted by molar-refractivity contribution is 0.102. The molecule has 1 amide bonds. The van der Waals surface area contributed by atoms with Crippen molar-refractivity contribution in [3.05, 3.63) is 28.0 Å². The van der Waals surface area contributed by atoms with Gasteiger partial charge in [-0.25, -0.2) is 13.4 Å². The monoisotopic (exact) mass is 326 g/mol. The molecule has 0 fully saturated rings. The summed E-state index contributed by atoms with van der Waals surface area (Å²) in [5, 5.41) is 9.15. The summed E-state index contributed by atoms with van der Waals surface area (Å²) < 4.78 is 25.1. The van der Waals surface area contributed by atoms with E-state index in [0.717, 1.165) is 11.4 Å². The molecule has 0 unspecified atom stereocenters. The molecule has 1 aliphatic heterocycles. The quantitative estimate of drug-likeness (QED) is 0.885. The molecule has 0 spiro atoms. The number of hydrogen-bond donors (Lipinski definition) is 1. The number of nitrogens with zero attached hydrogens (tertiary/aromatic N) is 3. The molecule has 0 saturated heterocycles. The van der Waals surface area contributed by atoms with E-state index < -0.39 is 15.7 Å². The number of fused-ring (bicyclic) bond motifs is 1. The van der Waals surface area contributed by atoms with Crippen molar-refractivity contribution in [2.24, 2.45) is 7.05 Å². The maximum absolute atomic E-state index is 12.3. The summed E-state index contributed by atoms with van der Waals surface area (Å²) in [5.41, 5.74) is 2.31. The number of nitrogens with one attached hydrogen (secondary N) is 1. The van der Waals surface area contributed by atoms with Crippen LogP contribution in [0.5, 0.6) is 0 Å². The van der Waals surface area contributed by atoms with Crippen LogP contribution < -0.4 is 5.32 Å². The van der Waals surface area contributed by atoms with Crippen LogP contribution in [0.15, 0.2) is 5.38 Å². The molecule has 0 aliphatic carbocycles. The highest BCUT2D eigenvalue weighted by molar-refractivity contribution is 7.90. The summed E-state index contributed by atoms with van der Waals surface area (Å²) >= 11 is 1.32. The average Bonchev–Trinajstić information content (AvgIpc) is 2.92. The second-order valence-corrected chi connectivity index (χ2v) is 8.03. The number of rotatable bonds is 2. The molecule has 112 valence electrons. The summed E-state index contributed by atoms with van der Waals surface area (Å²) in [5.74, 6) is -0.444. The minimum Gasteiger partial charge on any atom is -0.296 e. The Kier molecular flexibility index (Phi) is 3.33. The van der Waals surface area contributed by atoms with Gasteiger partial charge in [0, 0.05) is 30.1 Å². The normalized spacial score (nSPS) is 16.5. The molecule has 2 aromatic rings. The third-order valence-corrected chi connectivity index (χ3v) is 5.77. The first-order valence-electron chi connectivity index (χ1n) is 6.34. The van der Waals surface area contributed by atoms with Crippen molar-refractivity contribution in [2.45, 2.75) is 19.1 Å². The van der Waals surface area contributed by atoms with Gasteiger partial charge in [0.05, 0.1) is 17.2 Å². The minimum atomic E-state index is -3.15. The highest BCUT2D eigenvalue weighted by Crippen LogP contribution is 2.25. The van der Waals surface area contributed by atoms with Crippen LogP contribution in [-0.4, -0.2) is 34.8 Å². The zero-order chi connectivity index (χ0) is 15.2. The first kappa shape index (κ1) is 14.2. The predicted octanol–water partition coefficient (Wildman–Crippen LogP) is 0.908. The van der Waals surface area contributed by atoms with Crippen LogP contribution in [-0.2, 0) is 29.1 Å². The molecule has 9 heteroatoms. The van der Waals surface area contributed by atoms with Gasteiger partial charge in [-0.1, -0.05) is 0 Å². The Morgan fingerprint density at radius 3 is 2.90 bits per heavy atom. The zero-order valence-electron chi connectivity index (χ0n) is 11.6. The average molecular weight is 326 g/mol. The molecule has 0 atom stereocenters. The Hall–Kier alpha value is -1.74. The number of carbonyl (C=O) groups excluding carboxylic acids is 1. The summed E-state index contributed by atoms with van der Waals surface area (Å²) in [6.07, 6.45) is 0.394. The molecule has 7 nitrogen and oxygen atoms in total. The van der Waals surface area contributed by atoms with E-state index in [4.69, 9.17) is 0 Å². The summed E-state index contributed by atoms with van der Waals surface area (Å²) in [6.45, 7) is 1.83. The lowest BCUT2D eigenvalue weighted by Gasteiger charge is -2.13. The number of aromatic nitrogens is 3. The number of aryl methyl sites for hydroxylation is 2. The topological polar surface area (TPSA) is 94.0 Å². The molecule has 3 heterocycles. The summed E-state index contributed by atoms with van der Waals surface area (Å²) in [4.78, 5) is 16.5. The zero-order valence-corrected chi connectivity index (χ0v) is 13.2. The van der Waals surface area contributed by atoms with Gasteiger partial charge in [0.15, 0.2) is 20.7 Å². The number of sulfone groups is 1. The molecule has 3 rings (SSSR count). The Morgan fingerprint density at radius 1 is 1.48 bits per heavy atom. The van der Waals surface area contributed by atoms with Gasteiger partial charge in [0.25, 0.3) is 5.91 Å². The van der Waals surface area contributed by atoms with Gasteiger partial charge in [-0.3, -0.25) is 14.8 Å². The molecule has 0 aromatic carbocycles. The second kappa shape index (κ2) is 4.92. The molecule has 1 N–H and O–H groups in total. The second-order valence-electron chi connectivity index (χ2n) is 4.99. The van der Waals surface area contributed by atoms with Crippen LogP contribution in [0.25, 0.3) is 0 Å². The molecular formula is C12H14N4O3S2. The minimum absolute atomic E-state index is 0.103.